The van der Waals surface area contributed by atoms with Crippen LogP contribution < -0.4 is 10.6 Å². The molecule has 2 N–H and O–H groups in total. The maximum absolute atomic E-state index is 5.25. The van der Waals surface area contributed by atoms with Gasteiger partial charge in [0.2, 0.25) is 0 Å². The molecule has 1 heterocycles. The van der Waals surface area contributed by atoms with Gasteiger partial charge >= 0.3 is 0 Å². The van der Waals surface area contributed by atoms with Crippen LogP contribution in [0.3, 0.4) is 0 Å². The van der Waals surface area contributed by atoms with Crippen LogP contribution in [0.1, 0.15) is 38.9 Å². The second kappa shape index (κ2) is 7.98. The molecule has 0 aromatic carbocycles. The SMILES string of the molecule is CSc1nnc(CCCNC(=S)NC2CC2)n1CC(C)C. The Morgan fingerprint density at radius 2 is 2.19 bits per heavy atom. The van der Waals surface area contributed by atoms with Crippen molar-refractivity contribution in [3.8, 4) is 0 Å². The lowest BCUT2D eigenvalue weighted by Gasteiger charge is -2.12. The topological polar surface area (TPSA) is 54.8 Å². The van der Waals surface area contributed by atoms with Crippen LogP contribution in [0.4, 0.5) is 0 Å². The second-order valence-electron chi connectivity index (χ2n) is 5.89. The number of thiocarbonyl (C=S) groups is 1. The maximum atomic E-state index is 5.25. The van der Waals surface area contributed by atoms with Crippen LogP contribution in [0.25, 0.3) is 0 Å². The van der Waals surface area contributed by atoms with Gasteiger partial charge in [-0.3, -0.25) is 0 Å². The van der Waals surface area contributed by atoms with E-state index in [0.29, 0.717) is 12.0 Å². The van der Waals surface area contributed by atoms with Gasteiger partial charge in [-0.1, -0.05) is 25.6 Å². The summed E-state index contributed by atoms with van der Waals surface area (Å²) in [5, 5.41) is 16.9. The lowest BCUT2D eigenvalue weighted by atomic mass is 10.2. The third-order valence-electron chi connectivity index (χ3n) is 3.30. The van der Waals surface area contributed by atoms with Gasteiger partial charge in [0.1, 0.15) is 5.82 Å². The van der Waals surface area contributed by atoms with Crippen molar-refractivity contribution in [2.45, 2.75) is 57.3 Å². The van der Waals surface area contributed by atoms with Gasteiger partial charge in [0, 0.05) is 25.6 Å². The minimum Gasteiger partial charge on any atom is -0.363 e. The number of rotatable bonds is 8. The van der Waals surface area contributed by atoms with E-state index in [4.69, 9.17) is 12.2 Å². The summed E-state index contributed by atoms with van der Waals surface area (Å²) in [5.74, 6) is 1.68. The fraction of sp³-hybridized carbons (Fsp3) is 0.786. The summed E-state index contributed by atoms with van der Waals surface area (Å²) in [4.78, 5) is 0. The van der Waals surface area contributed by atoms with Gasteiger partial charge in [-0.25, -0.2) is 0 Å². The second-order valence-corrected chi connectivity index (χ2v) is 7.07. The summed E-state index contributed by atoms with van der Waals surface area (Å²) in [5.41, 5.74) is 0. The molecule has 2 rings (SSSR count). The first-order valence-corrected chi connectivity index (χ1v) is 9.24. The normalized spacial score (nSPS) is 14.5. The molecule has 0 atom stereocenters. The summed E-state index contributed by atoms with van der Waals surface area (Å²) < 4.78 is 2.25. The van der Waals surface area contributed by atoms with Crippen LogP contribution in [-0.2, 0) is 13.0 Å². The molecule has 1 aliphatic rings. The highest BCUT2D eigenvalue weighted by atomic mass is 32.2. The molecule has 1 aliphatic carbocycles. The Hall–Kier alpha value is -0.820. The smallest absolute Gasteiger partial charge is 0.190 e. The Kier molecular flexibility index (Phi) is 6.29. The Bertz CT molecular complexity index is 468. The Balaban J connectivity index is 1.76. The fourth-order valence-corrected chi connectivity index (χ4v) is 2.91. The Morgan fingerprint density at radius 1 is 1.43 bits per heavy atom. The van der Waals surface area contributed by atoms with Gasteiger partial charge in [0.05, 0.1) is 0 Å². The first kappa shape index (κ1) is 16.5. The molecule has 1 aromatic rings. The minimum atomic E-state index is 0.596. The summed E-state index contributed by atoms with van der Waals surface area (Å²) in [6.45, 7) is 6.30. The predicted molar refractivity (Wildman–Crippen MR) is 91.7 cm³/mol. The van der Waals surface area contributed by atoms with Crippen molar-refractivity contribution in [2.24, 2.45) is 5.92 Å². The zero-order valence-corrected chi connectivity index (χ0v) is 14.7. The number of hydrogen-bond acceptors (Lipinski definition) is 4. The third-order valence-corrected chi connectivity index (χ3v) is 4.23. The number of hydrogen-bond donors (Lipinski definition) is 2. The molecular weight excluding hydrogens is 302 g/mol. The highest BCUT2D eigenvalue weighted by Crippen LogP contribution is 2.18. The molecule has 7 heteroatoms. The van der Waals surface area contributed by atoms with Crippen LogP contribution >= 0.6 is 24.0 Å². The molecule has 0 radical (unpaired) electrons. The van der Waals surface area contributed by atoms with Gasteiger partial charge in [0.15, 0.2) is 10.3 Å². The first-order valence-electron chi connectivity index (χ1n) is 7.60. The predicted octanol–water partition coefficient (Wildman–Crippen LogP) is 2.22. The number of nitrogens with zero attached hydrogens (tertiary/aromatic N) is 3. The van der Waals surface area contributed by atoms with Crippen LogP contribution in [0.2, 0.25) is 0 Å². The molecule has 5 nitrogen and oxygen atoms in total. The first-order chi connectivity index (χ1) is 10.1. The van der Waals surface area contributed by atoms with E-state index < -0.39 is 0 Å². The molecule has 0 aliphatic heterocycles. The number of aryl methyl sites for hydroxylation is 1. The molecule has 0 unspecified atom stereocenters. The van der Waals surface area contributed by atoms with Crippen molar-refractivity contribution in [3.63, 3.8) is 0 Å². The van der Waals surface area contributed by atoms with Crippen LogP contribution in [0.15, 0.2) is 5.16 Å². The molecule has 1 fully saturated rings. The number of nitrogens with one attached hydrogen (secondary N) is 2. The largest absolute Gasteiger partial charge is 0.363 e. The fourth-order valence-electron chi connectivity index (χ4n) is 2.12. The molecule has 0 amide bonds. The molecule has 21 heavy (non-hydrogen) atoms. The number of aromatic nitrogens is 3. The van der Waals surface area contributed by atoms with Crippen molar-refractivity contribution < 1.29 is 0 Å². The molecule has 118 valence electrons. The zero-order valence-electron chi connectivity index (χ0n) is 13.1. The Morgan fingerprint density at radius 3 is 2.81 bits per heavy atom. The monoisotopic (exact) mass is 327 g/mol. The highest BCUT2D eigenvalue weighted by molar-refractivity contribution is 7.98. The molecule has 0 spiro atoms. The molecule has 0 bridgehead atoms. The minimum absolute atomic E-state index is 0.596. The maximum Gasteiger partial charge on any atom is 0.190 e. The van der Waals surface area contributed by atoms with Gasteiger partial charge in [-0.15, -0.1) is 10.2 Å². The third kappa shape index (κ3) is 5.47. The van der Waals surface area contributed by atoms with Crippen molar-refractivity contribution in [3.05, 3.63) is 5.82 Å². The quantitative estimate of drug-likeness (QED) is 0.434. The van der Waals surface area contributed by atoms with Crippen molar-refractivity contribution in [2.75, 3.05) is 12.8 Å². The van der Waals surface area contributed by atoms with Gasteiger partial charge in [-0.2, -0.15) is 0 Å². The van der Waals surface area contributed by atoms with Crippen molar-refractivity contribution in [1.29, 1.82) is 0 Å². The van der Waals surface area contributed by atoms with E-state index in [-0.39, 0.29) is 0 Å². The van der Waals surface area contributed by atoms with E-state index in [0.717, 1.165) is 42.0 Å². The summed E-state index contributed by atoms with van der Waals surface area (Å²) in [7, 11) is 0. The standard InChI is InChI=1S/C14H25N5S2/c1-10(2)9-19-12(17-18-14(19)21-3)5-4-8-15-13(20)16-11-6-7-11/h10-11H,4-9H2,1-3H3,(H2,15,16,20). The average Bonchev–Trinajstić information content (AvgIpc) is 3.16. The van der Waals surface area contributed by atoms with E-state index in [9.17, 15) is 0 Å². The van der Waals surface area contributed by atoms with Crippen molar-refractivity contribution in [1.82, 2.24) is 25.4 Å². The summed E-state index contributed by atoms with van der Waals surface area (Å²) in [6, 6.07) is 0.614. The number of thioether (sulfide) groups is 1. The van der Waals surface area contributed by atoms with E-state index in [1.165, 1.54) is 12.8 Å². The molecule has 1 aromatic heterocycles. The highest BCUT2D eigenvalue weighted by Gasteiger charge is 2.21. The van der Waals surface area contributed by atoms with Crippen molar-refractivity contribution >= 4 is 29.1 Å². The molecule has 1 saturated carbocycles. The van der Waals surface area contributed by atoms with Gasteiger partial charge in [0.25, 0.3) is 0 Å². The average molecular weight is 328 g/mol. The van der Waals surface area contributed by atoms with E-state index >= 15 is 0 Å². The Labute approximate surface area is 136 Å². The van der Waals surface area contributed by atoms with Crippen LogP contribution in [0.5, 0.6) is 0 Å². The van der Waals surface area contributed by atoms with Crippen LogP contribution in [0, 0.1) is 5.92 Å². The van der Waals surface area contributed by atoms with Crippen LogP contribution in [-0.4, -0.2) is 38.7 Å². The lowest BCUT2D eigenvalue weighted by molar-refractivity contribution is 0.477. The molecular formula is C14H25N5S2. The van der Waals surface area contributed by atoms with E-state index in [1.807, 2.05) is 6.26 Å². The lowest BCUT2D eigenvalue weighted by Crippen LogP contribution is -2.37. The van der Waals surface area contributed by atoms with E-state index in [2.05, 4.69) is 39.2 Å². The van der Waals surface area contributed by atoms with E-state index in [1.54, 1.807) is 11.8 Å². The zero-order chi connectivity index (χ0) is 15.2. The summed E-state index contributed by atoms with van der Waals surface area (Å²) in [6.07, 6.45) is 6.49. The van der Waals surface area contributed by atoms with Gasteiger partial charge in [-0.05, 0) is 43.7 Å². The molecule has 0 saturated heterocycles. The summed E-state index contributed by atoms with van der Waals surface area (Å²) >= 11 is 6.91. The van der Waals surface area contributed by atoms with Gasteiger partial charge < -0.3 is 15.2 Å².